The summed E-state index contributed by atoms with van der Waals surface area (Å²) in [5.74, 6) is 0.316. The fourth-order valence-corrected chi connectivity index (χ4v) is 1.39. The number of rotatable bonds is 5. The van der Waals surface area contributed by atoms with Crippen molar-refractivity contribution in [1.29, 1.82) is 0 Å². The van der Waals surface area contributed by atoms with Crippen LogP contribution in [0, 0.1) is 5.92 Å². The molecule has 12 heavy (non-hydrogen) atoms. The molecule has 3 N–H and O–H groups in total. The van der Waals surface area contributed by atoms with Crippen molar-refractivity contribution in [1.82, 2.24) is 0 Å². The molecule has 3 heteroatoms. The Hall–Kier alpha value is -0.120. The Labute approximate surface area is 74.0 Å². The summed E-state index contributed by atoms with van der Waals surface area (Å²) < 4.78 is 0. The Morgan fingerprint density at radius 3 is 2.08 bits per heavy atom. The third-order valence-electron chi connectivity index (χ3n) is 2.17. The number of aliphatic hydroxyl groups is 3. The van der Waals surface area contributed by atoms with Gasteiger partial charge in [-0.2, -0.15) is 0 Å². The quantitative estimate of drug-likeness (QED) is 0.572. The van der Waals surface area contributed by atoms with Crippen LogP contribution in [0.3, 0.4) is 0 Å². The van der Waals surface area contributed by atoms with Crippen LogP contribution in [0.5, 0.6) is 0 Å². The van der Waals surface area contributed by atoms with Crippen LogP contribution in [0.1, 0.15) is 33.6 Å². The lowest BCUT2D eigenvalue weighted by Crippen LogP contribution is -2.45. The van der Waals surface area contributed by atoms with Gasteiger partial charge in [0, 0.05) is 0 Å². The second-order valence-corrected chi connectivity index (χ2v) is 3.75. The van der Waals surface area contributed by atoms with Crippen molar-refractivity contribution in [3.63, 3.8) is 0 Å². The molecule has 0 fully saturated rings. The summed E-state index contributed by atoms with van der Waals surface area (Å²) in [6, 6.07) is 0. The van der Waals surface area contributed by atoms with E-state index in [9.17, 15) is 10.2 Å². The van der Waals surface area contributed by atoms with Gasteiger partial charge in [-0.05, 0) is 18.8 Å². The van der Waals surface area contributed by atoms with E-state index in [-0.39, 0.29) is 6.61 Å². The van der Waals surface area contributed by atoms with Crippen LogP contribution < -0.4 is 0 Å². The largest absolute Gasteiger partial charge is 0.394 e. The first-order chi connectivity index (χ1) is 5.46. The van der Waals surface area contributed by atoms with E-state index in [1.807, 2.05) is 13.8 Å². The zero-order chi connectivity index (χ0) is 9.78. The average molecular weight is 176 g/mol. The van der Waals surface area contributed by atoms with Crippen LogP contribution in [0.15, 0.2) is 0 Å². The van der Waals surface area contributed by atoms with Gasteiger partial charge in [0.1, 0.15) is 6.10 Å². The summed E-state index contributed by atoms with van der Waals surface area (Å²) in [5.41, 5.74) is -1.12. The van der Waals surface area contributed by atoms with Crippen molar-refractivity contribution >= 4 is 0 Å². The Kier molecular flexibility index (Phi) is 4.75. The summed E-state index contributed by atoms with van der Waals surface area (Å²) in [7, 11) is 0. The molecule has 0 saturated heterocycles. The number of aliphatic hydroxyl groups excluding tert-OH is 2. The lowest BCUT2D eigenvalue weighted by molar-refractivity contribution is -0.107. The molecule has 2 unspecified atom stereocenters. The maximum atomic E-state index is 9.85. The van der Waals surface area contributed by atoms with Gasteiger partial charge in [-0.25, -0.2) is 0 Å². The van der Waals surface area contributed by atoms with E-state index in [4.69, 9.17) is 5.11 Å². The maximum absolute atomic E-state index is 9.85. The predicted molar refractivity (Wildman–Crippen MR) is 47.8 cm³/mol. The van der Waals surface area contributed by atoms with Gasteiger partial charge in [0.15, 0.2) is 0 Å². The minimum atomic E-state index is -1.12. The summed E-state index contributed by atoms with van der Waals surface area (Å²) in [6.07, 6.45) is -0.0390. The lowest BCUT2D eigenvalue weighted by Gasteiger charge is -2.32. The zero-order valence-corrected chi connectivity index (χ0v) is 8.12. The van der Waals surface area contributed by atoms with Crippen molar-refractivity contribution in [2.24, 2.45) is 5.92 Å². The monoisotopic (exact) mass is 176 g/mol. The molecule has 0 heterocycles. The molecule has 2 atom stereocenters. The molecule has 0 rings (SSSR count). The van der Waals surface area contributed by atoms with Gasteiger partial charge < -0.3 is 15.3 Å². The molecular formula is C9H20O3. The highest BCUT2D eigenvalue weighted by Crippen LogP contribution is 2.24. The smallest absolute Gasteiger partial charge is 0.106 e. The molecule has 0 spiro atoms. The van der Waals surface area contributed by atoms with E-state index in [0.29, 0.717) is 18.8 Å². The van der Waals surface area contributed by atoms with Gasteiger partial charge in [0.05, 0.1) is 12.2 Å². The molecule has 0 radical (unpaired) electrons. The van der Waals surface area contributed by atoms with Crippen molar-refractivity contribution < 1.29 is 15.3 Å². The average Bonchev–Trinajstić information content (AvgIpc) is 2.01. The second-order valence-electron chi connectivity index (χ2n) is 3.75. The van der Waals surface area contributed by atoms with E-state index >= 15 is 0 Å². The highest BCUT2D eigenvalue weighted by molar-refractivity contribution is 4.85. The zero-order valence-electron chi connectivity index (χ0n) is 8.12. The molecule has 3 nitrogen and oxygen atoms in total. The summed E-state index contributed by atoms with van der Waals surface area (Å²) in [6.45, 7) is 5.38. The minimum Gasteiger partial charge on any atom is -0.394 e. The van der Waals surface area contributed by atoms with E-state index in [0.717, 1.165) is 0 Å². The summed E-state index contributed by atoms with van der Waals surface area (Å²) in [5, 5.41) is 27.9. The first-order valence-corrected chi connectivity index (χ1v) is 4.47. The van der Waals surface area contributed by atoms with Gasteiger partial charge >= 0.3 is 0 Å². The van der Waals surface area contributed by atoms with Crippen LogP contribution in [0.4, 0.5) is 0 Å². The Balaban J connectivity index is 4.22. The first kappa shape index (κ1) is 11.9. The standard InChI is InChI=1S/C9H20O3/c1-4-9(12,5-7(2)3)8(11)6-10/h7-8,10-12H,4-6H2,1-3H3. The SMILES string of the molecule is CCC(O)(CC(C)C)C(O)CO. The molecule has 0 aliphatic heterocycles. The predicted octanol–water partition coefficient (Wildman–Crippen LogP) is 0.527. The van der Waals surface area contributed by atoms with Crippen molar-refractivity contribution in [3.05, 3.63) is 0 Å². The minimum absolute atomic E-state index is 0.316. The van der Waals surface area contributed by atoms with Gasteiger partial charge in [-0.3, -0.25) is 0 Å². The molecule has 0 aromatic carbocycles. The van der Waals surface area contributed by atoms with Gasteiger partial charge in [-0.1, -0.05) is 20.8 Å². The normalized spacial score (nSPS) is 19.2. The summed E-state index contributed by atoms with van der Waals surface area (Å²) >= 11 is 0. The van der Waals surface area contributed by atoms with Crippen molar-refractivity contribution in [3.8, 4) is 0 Å². The van der Waals surface area contributed by atoms with Crippen LogP contribution in [0.2, 0.25) is 0 Å². The van der Waals surface area contributed by atoms with E-state index in [1.54, 1.807) is 6.92 Å². The maximum Gasteiger partial charge on any atom is 0.106 e. The second kappa shape index (κ2) is 4.80. The summed E-state index contributed by atoms with van der Waals surface area (Å²) in [4.78, 5) is 0. The molecule has 0 aliphatic rings. The van der Waals surface area contributed by atoms with E-state index < -0.39 is 11.7 Å². The number of hydrogen-bond acceptors (Lipinski definition) is 3. The molecule has 0 amide bonds. The third kappa shape index (κ3) is 3.09. The highest BCUT2D eigenvalue weighted by Gasteiger charge is 2.33. The van der Waals surface area contributed by atoms with Gasteiger partial charge in [-0.15, -0.1) is 0 Å². The van der Waals surface area contributed by atoms with Gasteiger partial charge in [0.25, 0.3) is 0 Å². The van der Waals surface area contributed by atoms with Gasteiger partial charge in [0.2, 0.25) is 0 Å². The fourth-order valence-electron chi connectivity index (χ4n) is 1.39. The highest BCUT2D eigenvalue weighted by atomic mass is 16.4. The van der Waals surface area contributed by atoms with Crippen molar-refractivity contribution in [2.75, 3.05) is 6.61 Å². The topological polar surface area (TPSA) is 60.7 Å². The van der Waals surface area contributed by atoms with Crippen LogP contribution in [0.25, 0.3) is 0 Å². The van der Waals surface area contributed by atoms with Crippen LogP contribution >= 0.6 is 0 Å². The van der Waals surface area contributed by atoms with E-state index in [2.05, 4.69) is 0 Å². The fraction of sp³-hybridized carbons (Fsp3) is 1.00. The first-order valence-electron chi connectivity index (χ1n) is 4.47. The molecular weight excluding hydrogens is 156 g/mol. The van der Waals surface area contributed by atoms with Crippen molar-refractivity contribution in [2.45, 2.75) is 45.3 Å². The Morgan fingerprint density at radius 1 is 1.33 bits per heavy atom. The molecule has 0 aromatic rings. The third-order valence-corrected chi connectivity index (χ3v) is 2.17. The molecule has 0 bridgehead atoms. The molecule has 74 valence electrons. The molecule has 0 saturated carbocycles. The van der Waals surface area contributed by atoms with E-state index in [1.165, 1.54) is 0 Å². The van der Waals surface area contributed by atoms with Crippen LogP contribution in [-0.2, 0) is 0 Å². The molecule has 0 aromatic heterocycles. The Morgan fingerprint density at radius 2 is 1.83 bits per heavy atom. The van der Waals surface area contributed by atoms with Crippen LogP contribution in [-0.4, -0.2) is 33.6 Å². The number of hydrogen-bond donors (Lipinski definition) is 3. The Bertz CT molecular complexity index is 125. The molecule has 0 aliphatic carbocycles. The lowest BCUT2D eigenvalue weighted by atomic mass is 9.85.